The summed E-state index contributed by atoms with van der Waals surface area (Å²) >= 11 is 3.42. The van der Waals surface area contributed by atoms with Crippen LogP contribution in [0, 0.1) is 0 Å². The molecule has 2 heterocycles. The summed E-state index contributed by atoms with van der Waals surface area (Å²) in [6.07, 6.45) is 4.61. The van der Waals surface area contributed by atoms with E-state index >= 15 is 0 Å². The van der Waals surface area contributed by atoms with Crippen LogP contribution in [0.25, 0.3) is 10.9 Å². The minimum absolute atomic E-state index is 0.122. The van der Waals surface area contributed by atoms with Gasteiger partial charge in [0.05, 0.1) is 17.4 Å². The van der Waals surface area contributed by atoms with Crippen LogP contribution in [0.2, 0.25) is 0 Å². The van der Waals surface area contributed by atoms with Gasteiger partial charge in [0, 0.05) is 22.6 Å². The quantitative estimate of drug-likeness (QED) is 0.754. The number of hydrogen-bond acceptors (Lipinski definition) is 2. The number of carbonyl (C=O) groups excluding carboxylic acids is 1. The fourth-order valence-electron chi connectivity index (χ4n) is 2.35. The van der Waals surface area contributed by atoms with Gasteiger partial charge in [0.15, 0.2) is 0 Å². The van der Waals surface area contributed by atoms with E-state index in [2.05, 4.69) is 38.4 Å². The largest absolute Gasteiger partial charge is 0.342 e. The van der Waals surface area contributed by atoms with Gasteiger partial charge in [-0.05, 0) is 40.5 Å². The number of aromatic nitrogens is 3. The van der Waals surface area contributed by atoms with E-state index in [4.69, 9.17) is 0 Å². The Bertz CT molecular complexity index is 790. The molecule has 0 saturated carbocycles. The number of nitrogens with one attached hydrogen (secondary N) is 2. The van der Waals surface area contributed by atoms with Gasteiger partial charge in [-0.3, -0.25) is 9.89 Å². The number of rotatable bonds is 4. The Morgan fingerprint density at radius 2 is 2.33 bits per heavy atom. The van der Waals surface area contributed by atoms with Crippen molar-refractivity contribution in [3.63, 3.8) is 0 Å². The molecule has 0 radical (unpaired) electrons. The summed E-state index contributed by atoms with van der Waals surface area (Å²) in [5.74, 6) is -0.122. The second-order valence-corrected chi connectivity index (χ2v) is 5.74. The first-order valence-electron chi connectivity index (χ1n) is 6.78. The number of anilines is 1. The van der Waals surface area contributed by atoms with Crippen LogP contribution in [0.1, 0.15) is 23.8 Å². The predicted molar refractivity (Wildman–Crippen MR) is 86.5 cm³/mol. The Morgan fingerprint density at radius 1 is 1.48 bits per heavy atom. The molecule has 0 aliphatic carbocycles. The van der Waals surface area contributed by atoms with Gasteiger partial charge in [-0.2, -0.15) is 5.10 Å². The summed E-state index contributed by atoms with van der Waals surface area (Å²) in [5.41, 5.74) is 2.30. The summed E-state index contributed by atoms with van der Waals surface area (Å²) < 4.78 is 2.86. The molecular weight excluding hydrogens is 332 g/mol. The molecule has 0 bridgehead atoms. The summed E-state index contributed by atoms with van der Waals surface area (Å²) in [7, 11) is 0. The van der Waals surface area contributed by atoms with Crippen molar-refractivity contribution in [2.24, 2.45) is 0 Å². The number of hydrogen-bond donors (Lipinski definition) is 2. The van der Waals surface area contributed by atoms with Crippen LogP contribution in [-0.4, -0.2) is 20.7 Å². The first-order chi connectivity index (χ1) is 10.2. The topological polar surface area (TPSA) is 62.7 Å². The first kappa shape index (κ1) is 13.9. The van der Waals surface area contributed by atoms with E-state index in [1.165, 1.54) is 0 Å². The van der Waals surface area contributed by atoms with Crippen LogP contribution in [0.4, 0.5) is 5.69 Å². The smallest absolute Gasteiger partial charge is 0.272 e. The molecule has 3 rings (SSSR count). The fourth-order valence-corrected chi connectivity index (χ4v) is 2.82. The minimum Gasteiger partial charge on any atom is -0.342 e. The van der Waals surface area contributed by atoms with Gasteiger partial charge in [-0.15, -0.1) is 0 Å². The zero-order chi connectivity index (χ0) is 14.8. The Kier molecular flexibility index (Phi) is 3.79. The van der Waals surface area contributed by atoms with Gasteiger partial charge < -0.3 is 9.88 Å². The summed E-state index contributed by atoms with van der Waals surface area (Å²) in [4.78, 5) is 12.5. The molecule has 2 aromatic heterocycles. The fraction of sp³-hybridized carbons (Fsp3) is 0.200. The highest BCUT2D eigenvalue weighted by molar-refractivity contribution is 9.10. The van der Waals surface area contributed by atoms with Crippen molar-refractivity contribution >= 4 is 38.4 Å². The van der Waals surface area contributed by atoms with E-state index < -0.39 is 0 Å². The second-order valence-electron chi connectivity index (χ2n) is 4.83. The van der Waals surface area contributed by atoms with Crippen molar-refractivity contribution in [1.82, 2.24) is 14.8 Å². The van der Waals surface area contributed by atoms with Gasteiger partial charge in [-0.25, -0.2) is 0 Å². The normalized spacial score (nSPS) is 11.0. The van der Waals surface area contributed by atoms with Crippen LogP contribution in [0.5, 0.6) is 0 Å². The molecule has 0 fully saturated rings. The summed E-state index contributed by atoms with van der Waals surface area (Å²) in [6, 6.07) is 7.52. The van der Waals surface area contributed by atoms with Crippen LogP contribution < -0.4 is 5.32 Å². The maximum absolute atomic E-state index is 12.5. The molecule has 0 spiro atoms. The SMILES string of the molecule is CCCn1cc(Br)cc1C(=O)Nc1cccc2[nH]ncc12. The highest BCUT2D eigenvalue weighted by atomic mass is 79.9. The molecule has 0 aliphatic heterocycles. The van der Waals surface area contributed by atoms with E-state index in [0.29, 0.717) is 5.69 Å². The number of fused-ring (bicyclic) bond motifs is 1. The molecule has 3 aromatic rings. The van der Waals surface area contributed by atoms with Gasteiger partial charge in [0.25, 0.3) is 5.91 Å². The maximum atomic E-state index is 12.5. The van der Waals surface area contributed by atoms with Crippen LogP contribution >= 0.6 is 15.9 Å². The van der Waals surface area contributed by atoms with E-state index in [-0.39, 0.29) is 5.91 Å². The number of H-pyrrole nitrogens is 1. The Hall–Kier alpha value is -2.08. The Balaban J connectivity index is 1.91. The molecular formula is C15H15BrN4O. The molecule has 5 nitrogen and oxygen atoms in total. The maximum Gasteiger partial charge on any atom is 0.272 e. The third-order valence-electron chi connectivity index (χ3n) is 3.29. The average Bonchev–Trinajstić information content (AvgIpc) is 3.06. The van der Waals surface area contributed by atoms with Crippen LogP contribution in [0.3, 0.4) is 0 Å². The van der Waals surface area contributed by atoms with Crippen molar-refractivity contribution in [3.05, 3.63) is 46.8 Å². The highest BCUT2D eigenvalue weighted by Gasteiger charge is 2.14. The van der Waals surface area contributed by atoms with E-state index in [0.717, 1.165) is 34.0 Å². The molecule has 0 unspecified atom stereocenters. The number of nitrogens with zero attached hydrogens (tertiary/aromatic N) is 2. The number of aromatic amines is 1. The zero-order valence-electron chi connectivity index (χ0n) is 11.6. The summed E-state index contributed by atoms with van der Waals surface area (Å²) in [6.45, 7) is 2.89. The first-order valence-corrected chi connectivity index (χ1v) is 7.57. The Morgan fingerprint density at radius 3 is 3.14 bits per heavy atom. The number of carbonyl (C=O) groups is 1. The molecule has 6 heteroatoms. The number of aryl methyl sites for hydroxylation is 1. The lowest BCUT2D eigenvalue weighted by Crippen LogP contribution is -2.16. The minimum atomic E-state index is -0.122. The monoisotopic (exact) mass is 346 g/mol. The molecule has 1 amide bonds. The van der Waals surface area contributed by atoms with Crippen molar-refractivity contribution in [1.29, 1.82) is 0 Å². The van der Waals surface area contributed by atoms with Crippen LogP contribution in [-0.2, 0) is 6.54 Å². The second kappa shape index (κ2) is 5.73. The third-order valence-corrected chi connectivity index (χ3v) is 3.73. The lowest BCUT2D eigenvalue weighted by atomic mass is 10.2. The van der Waals surface area contributed by atoms with E-state index in [9.17, 15) is 4.79 Å². The van der Waals surface area contributed by atoms with Crippen molar-refractivity contribution in [2.45, 2.75) is 19.9 Å². The number of benzene rings is 1. The number of amides is 1. The molecule has 2 N–H and O–H groups in total. The zero-order valence-corrected chi connectivity index (χ0v) is 13.1. The van der Waals surface area contributed by atoms with Gasteiger partial charge in [-0.1, -0.05) is 13.0 Å². The molecule has 21 heavy (non-hydrogen) atoms. The predicted octanol–water partition coefficient (Wildman–Crippen LogP) is 3.79. The molecule has 108 valence electrons. The van der Waals surface area contributed by atoms with E-state index in [1.54, 1.807) is 6.20 Å². The Labute approximate surface area is 130 Å². The van der Waals surface area contributed by atoms with Crippen molar-refractivity contribution in [2.75, 3.05) is 5.32 Å². The standard InChI is InChI=1S/C15H15BrN4O/c1-2-6-20-9-10(16)7-14(20)15(21)18-12-4-3-5-13-11(12)8-17-19-13/h3-5,7-9H,2,6H2,1H3,(H,17,19)(H,18,21). The number of halogens is 1. The third kappa shape index (κ3) is 2.71. The average molecular weight is 347 g/mol. The van der Waals surface area contributed by atoms with E-state index in [1.807, 2.05) is 35.0 Å². The van der Waals surface area contributed by atoms with Crippen molar-refractivity contribution < 1.29 is 4.79 Å². The van der Waals surface area contributed by atoms with Gasteiger partial charge in [0.2, 0.25) is 0 Å². The lowest BCUT2D eigenvalue weighted by Gasteiger charge is -2.09. The molecule has 0 aliphatic rings. The van der Waals surface area contributed by atoms with Gasteiger partial charge >= 0.3 is 0 Å². The molecule has 1 aromatic carbocycles. The molecule has 0 saturated heterocycles. The lowest BCUT2D eigenvalue weighted by molar-refractivity contribution is 0.101. The van der Waals surface area contributed by atoms with Crippen molar-refractivity contribution in [3.8, 4) is 0 Å². The summed E-state index contributed by atoms with van der Waals surface area (Å²) in [5, 5.41) is 10.8. The van der Waals surface area contributed by atoms with Crippen LogP contribution in [0.15, 0.2) is 41.1 Å². The van der Waals surface area contributed by atoms with Gasteiger partial charge in [0.1, 0.15) is 5.69 Å². The molecule has 0 atom stereocenters. The highest BCUT2D eigenvalue weighted by Crippen LogP contribution is 2.23.